The first kappa shape index (κ1) is 24.2. The van der Waals surface area contributed by atoms with Crippen LogP contribution in [0.2, 0.25) is 0 Å². The smallest absolute Gasteiger partial charge is 0.306 e. The second-order valence-electron chi connectivity index (χ2n) is 7.82. The van der Waals surface area contributed by atoms with Crippen molar-refractivity contribution >= 4 is 55.5 Å². The predicted molar refractivity (Wildman–Crippen MR) is 133 cm³/mol. The van der Waals surface area contributed by atoms with Gasteiger partial charge in [0.1, 0.15) is 0 Å². The van der Waals surface area contributed by atoms with Crippen molar-refractivity contribution in [1.82, 2.24) is 10.2 Å². The Morgan fingerprint density at radius 2 is 1.97 bits per heavy atom. The van der Waals surface area contributed by atoms with Gasteiger partial charge >= 0.3 is 5.97 Å². The predicted octanol–water partition coefficient (Wildman–Crippen LogP) is 4.88. The number of allylic oxidation sites excluding steroid dienone is 1. The van der Waals surface area contributed by atoms with Gasteiger partial charge in [0.25, 0.3) is 5.91 Å². The molecular formula is C24H25Br2N3O3. The van der Waals surface area contributed by atoms with Gasteiger partial charge in [-0.25, -0.2) is 0 Å². The van der Waals surface area contributed by atoms with E-state index in [1.807, 2.05) is 35.2 Å². The van der Waals surface area contributed by atoms with Crippen LogP contribution in [0.15, 0.2) is 45.5 Å². The van der Waals surface area contributed by atoms with E-state index in [1.54, 1.807) is 20.2 Å². The van der Waals surface area contributed by atoms with E-state index in [0.717, 1.165) is 22.3 Å². The minimum atomic E-state index is -0.802. The zero-order chi connectivity index (χ0) is 23.4. The van der Waals surface area contributed by atoms with E-state index in [2.05, 4.69) is 37.2 Å². The van der Waals surface area contributed by atoms with Crippen LogP contribution < -0.4 is 5.32 Å². The Bertz CT molecular complexity index is 1070. The third kappa shape index (κ3) is 5.13. The van der Waals surface area contributed by atoms with Gasteiger partial charge in [0.05, 0.1) is 11.5 Å². The molecule has 0 fully saturated rings. The molecule has 1 heterocycles. The van der Waals surface area contributed by atoms with E-state index >= 15 is 0 Å². The molecule has 0 unspecified atom stereocenters. The van der Waals surface area contributed by atoms with Gasteiger partial charge in [0.15, 0.2) is 0 Å². The van der Waals surface area contributed by atoms with E-state index in [9.17, 15) is 14.7 Å². The lowest BCUT2D eigenvalue weighted by Crippen LogP contribution is -2.37. The second-order valence-corrected chi connectivity index (χ2v) is 9.53. The molecule has 3 rings (SSSR count). The van der Waals surface area contributed by atoms with Crippen LogP contribution in [-0.4, -0.2) is 41.7 Å². The van der Waals surface area contributed by atoms with Gasteiger partial charge < -0.3 is 20.7 Å². The highest BCUT2D eigenvalue weighted by Crippen LogP contribution is 2.33. The Labute approximate surface area is 204 Å². The molecule has 0 saturated heterocycles. The molecule has 1 aliphatic rings. The standard InChI is InChI=1S/C24H25Br2N3O3/c1-14(24(31)32)8-15-4-3-5-16-13-29(7-6-19(15)16)23(30)22-20(25)9-17(10-21(22)26)18(11-27)12-28-2/h3-5,9-12,14,27-28H,6-8,13H2,1-2H3,(H,31,32)/b18-12+,27-11?/t14-/m0/s1. The minimum absolute atomic E-state index is 0.0840. The van der Waals surface area contributed by atoms with Crippen molar-refractivity contribution in [3.8, 4) is 0 Å². The summed E-state index contributed by atoms with van der Waals surface area (Å²) in [5.74, 6) is -1.34. The van der Waals surface area contributed by atoms with Crippen LogP contribution in [0.1, 0.15) is 39.5 Å². The molecule has 0 bridgehead atoms. The summed E-state index contributed by atoms with van der Waals surface area (Å²) in [4.78, 5) is 26.5. The van der Waals surface area contributed by atoms with Crippen molar-refractivity contribution in [3.05, 3.63) is 73.3 Å². The lowest BCUT2D eigenvalue weighted by Gasteiger charge is -2.31. The molecule has 0 radical (unpaired) electrons. The monoisotopic (exact) mass is 561 g/mol. The van der Waals surface area contributed by atoms with Crippen LogP contribution in [-0.2, 0) is 24.2 Å². The highest BCUT2D eigenvalue weighted by atomic mass is 79.9. The summed E-state index contributed by atoms with van der Waals surface area (Å²) in [5, 5.41) is 19.8. The first-order valence-corrected chi connectivity index (χ1v) is 11.8. The number of carboxylic acid groups (broad SMARTS) is 1. The number of halogens is 2. The lowest BCUT2D eigenvalue weighted by molar-refractivity contribution is -0.141. The highest BCUT2D eigenvalue weighted by molar-refractivity contribution is 9.11. The summed E-state index contributed by atoms with van der Waals surface area (Å²) in [6, 6.07) is 9.62. The van der Waals surface area contributed by atoms with Crippen molar-refractivity contribution in [2.45, 2.75) is 26.3 Å². The first-order chi connectivity index (χ1) is 15.3. The number of hydrogen-bond donors (Lipinski definition) is 3. The Hall–Kier alpha value is -2.45. The summed E-state index contributed by atoms with van der Waals surface area (Å²) >= 11 is 7.08. The first-order valence-electron chi connectivity index (χ1n) is 10.3. The van der Waals surface area contributed by atoms with Crippen LogP contribution in [0, 0.1) is 11.3 Å². The van der Waals surface area contributed by atoms with E-state index in [0.29, 0.717) is 46.0 Å². The fraction of sp³-hybridized carbons (Fsp3) is 0.292. The molecule has 1 atom stereocenters. The fourth-order valence-corrected chi connectivity index (χ4v) is 5.46. The number of hydrogen-bond acceptors (Lipinski definition) is 4. The van der Waals surface area contributed by atoms with Gasteiger partial charge in [0.2, 0.25) is 0 Å². The molecule has 1 aliphatic heterocycles. The maximum atomic E-state index is 13.4. The van der Waals surface area contributed by atoms with Gasteiger partial charge in [-0.3, -0.25) is 9.59 Å². The van der Waals surface area contributed by atoms with E-state index < -0.39 is 11.9 Å². The quantitative estimate of drug-likeness (QED) is 0.419. The molecule has 6 nitrogen and oxygen atoms in total. The number of carbonyl (C=O) groups excluding carboxylic acids is 1. The van der Waals surface area contributed by atoms with Crippen LogP contribution >= 0.6 is 31.9 Å². The maximum absolute atomic E-state index is 13.4. The average Bonchev–Trinajstić information content (AvgIpc) is 2.76. The SMILES string of the molecule is CN/C=C(\C=N)c1cc(Br)c(C(=O)N2CCc3c(C[C@H](C)C(=O)O)cccc3C2)c(Br)c1. The molecule has 0 saturated carbocycles. The molecular weight excluding hydrogens is 538 g/mol. The van der Waals surface area contributed by atoms with Crippen LogP contribution in [0.4, 0.5) is 0 Å². The van der Waals surface area contributed by atoms with Gasteiger partial charge in [-0.15, -0.1) is 0 Å². The maximum Gasteiger partial charge on any atom is 0.306 e. The highest BCUT2D eigenvalue weighted by Gasteiger charge is 2.27. The number of fused-ring (bicyclic) bond motifs is 1. The number of nitrogens with one attached hydrogen (secondary N) is 2. The lowest BCUT2D eigenvalue weighted by atomic mass is 9.89. The number of rotatable bonds is 7. The molecule has 0 spiro atoms. The molecule has 2 aromatic rings. The number of carboxylic acids is 1. The zero-order valence-electron chi connectivity index (χ0n) is 17.9. The largest absolute Gasteiger partial charge is 0.481 e. The molecule has 1 amide bonds. The minimum Gasteiger partial charge on any atom is -0.481 e. The van der Waals surface area contributed by atoms with E-state index in [-0.39, 0.29) is 5.91 Å². The van der Waals surface area contributed by atoms with Crippen LogP contribution in [0.25, 0.3) is 5.57 Å². The van der Waals surface area contributed by atoms with E-state index in [4.69, 9.17) is 5.41 Å². The molecule has 2 aromatic carbocycles. The summed E-state index contributed by atoms with van der Waals surface area (Å²) in [6.07, 6.45) is 4.17. The third-order valence-electron chi connectivity index (χ3n) is 5.64. The zero-order valence-corrected chi connectivity index (χ0v) is 21.1. The average molecular weight is 563 g/mol. The summed E-state index contributed by atoms with van der Waals surface area (Å²) < 4.78 is 1.32. The van der Waals surface area contributed by atoms with Gasteiger partial charge in [-0.1, -0.05) is 25.1 Å². The number of aliphatic carboxylic acids is 1. The Kier molecular flexibility index (Phi) is 7.90. The van der Waals surface area contributed by atoms with Crippen molar-refractivity contribution in [1.29, 1.82) is 5.41 Å². The topological polar surface area (TPSA) is 93.5 Å². The van der Waals surface area contributed by atoms with Crippen LogP contribution in [0.3, 0.4) is 0 Å². The Morgan fingerprint density at radius 3 is 2.56 bits per heavy atom. The molecule has 0 aromatic heterocycles. The summed E-state index contributed by atoms with van der Waals surface area (Å²) in [5.41, 5.74) is 5.32. The number of nitrogens with zero attached hydrogens (tertiary/aromatic N) is 1. The Balaban J connectivity index is 1.86. The van der Waals surface area contributed by atoms with Gasteiger partial charge in [-0.05, 0) is 79.1 Å². The second kappa shape index (κ2) is 10.4. The number of benzene rings is 2. The fourth-order valence-electron chi connectivity index (χ4n) is 3.94. The van der Waals surface area contributed by atoms with Crippen molar-refractivity contribution in [2.75, 3.05) is 13.6 Å². The van der Waals surface area contributed by atoms with E-state index in [1.165, 1.54) is 6.21 Å². The van der Waals surface area contributed by atoms with Crippen LogP contribution in [0.5, 0.6) is 0 Å². The van der Waals surface area contributed by atoms with Gasteiger partial charge in [0, 0.05) is 47.1 Å². The number of carbonyl (C=O) groups is 2. The molecule has 3 N–H and O–H groups in total. The molecule has 32 heavy (non-hydrogen) atoms. The summed E-state index contributed by atoms with van der Waals surface area (Å²) in [6.45, 7) is 2.76. The van der Waals surface area contributed by atoms with Crippen molar-refractivity contribution < 1.29 is 14.7 Å². The molecule has 8 heteroatoms. The van der Waals surface area contributed by atoms with Crippen molar-refractivity contribution in [3.63, 3.8) is 0 Å². The normalized spacial score (nSPS) is 14.5. The Morgan fingerprint density at radius 1 is 1.28 bits per heavy atom. The number of amides is 1. The van der Waals surface area contributed by atoms with Crippen molar-refractivity contribution in [2.24, 2.45) is 5.92 Å². The summed E-state index contributed by atoms with van der Waals surface area (Å²) in [7, 11) is 1.77. The van der Waals surface area contributed by atoms with Gasteiger partial charge in [-0.2, -0.15) is 0 Å². The third-order valence-corrected chi connectivity index (χ3v) is 6.89. The molecule has 0 aliphatic carbocycles. The molecule has 168 valence electrons.